The van der Waals surface area contributed by atoms with E-state index in [1.807, 2.05) is 54.6 Å². The van der Waals surface area contributed by atoms with Gasteiger partial charge in [0.25, 0.3) is 0 Å². The van der Waals surface area contributed by atoms with Crippen molar-refractivity contribution in [2.75, 3.05) is 13.7 Å². The van der Waals surface area contributed by atoms with Gasteiger partial charge in [0.2, 0.25) is 0 Å². The Balaban J connectivity index is 0.00000225. The van der Waals surface area contributed by atoms with Crippen molar-refractivity contribution >= 4 is 36.4 Å². The Labute approximate surface area is 194 Å². The van der Waals surface area contributed by atoms with Crippen molar-refractivity contribution in [2.45, 2.75) is 19.3 Å². The van der Waals surface area contributed by atoms with Crippen LogP contribution in [0.15, 0.2) is 67.0 Å². The van der Waals surface area contributed by atoms with Gasteiger partial charge in [-0.1, -0.05) is 48.0 Å². The Morgan fingerprint density at radius 1 is 1.07 bits per heavy atom. The van der Waals surface area contributed by atoms with E-state index in [0.29, 0.717) is 36.2 Å². The molecule has 2 N–H and O–H groups in total. The molecule has 3 rings (SSSR count). The quantitative estimate of drug-likeness (QED) is 0.460. The largest absolute Gasteiger partial charge is 0.493 e. The molecule has 1 aromatic heterocycles. The zero-order chi connectivity index (χ0) is 19.8. The first-order valence-electron chi connectivity index (χ1n) is 8.99. The van der Waals surface area contributed by atoms with Crippen LogP contribution >= 0.6 is 36.4 Å². The van der Waals surface area contributed by atoms with Crippen molar-refractivity contribution in [3.05, 3.63) is 88.7 Å². The highest BCUT2D eigenvalue weighted by Gasteiger charge is 2.13. The van der Waals surface area contributed by atoms with Crippen LogP contribution in [-0.4, -0.2) is 23.7 Å². The summed E-state index contributed by atoms with van der Waals surface area (Å²) in [5.74, 6) is 1.07. The number of aromatic nitrogens is 1. The van der Waals surface area contributed by atoms with Crippen LogP contribution in [0, 0.1) is 0 Å². The van der Waals surface area contributed by atoms with Crippen LogP contribution in [0.1, 0.15) is 22.8 Å². The molecule has 0 aliphatic rings. The van der Waals surface area contributed by atoms with Crippen LogP contribution in [0.4, 0.5) is 0 Å². The lowest BCUT2D eigenvalue weighted by Crippen LogP contribution is -2.21. The lowest BCUT2D eigenvalue weighted by atomic mass is 10.1. The van der Waals surface area contributed by atoms with E-state index in [2.05, 4.69) is 10.3 Å². The average molecular weight is 472 g/mol. The van der Waals surface area contributed by atoms with E-state index < -0.39 is 6.10 Å². The molecule has 0 spiro atoms. The number of hydrogen-bond donors (Lipinski definition) is 2. The number of aliphatic hydroxyl groups is 1. The standard InChI is InChI=1S/C22H23ClN2O3.2ClH/c1-27-21-11-17(13-25-14-20(26)18-7-3-2-4-8-18)10-19(23)22(21)28-15-16-6-5-9-24-12-16;;/h2-12,20,25-26H,13-15H2,1H3;2*1H. The van der Waals surface area contributed by atoms with Crippen LogP contribution in [0.5, 0.6) is 11.5 Å². The normalized spacial score (nSPS) is 11.0. The summed E-state index contributed by atoms with van der Waals surface area (Å²) in [6.45, 7) is 1.33. The third-order valence-corrected chi connectivity index (χ3v) is 4.53. The van der Waals surface area contributed by atoms with Gasteiger partial charge in [-0.05, 0) is 29.3 Å². The van der Waals surface area contributed by atoms with Gasteiger partial charge in [-0.2, -0.15) is 0 Å². The van der Waals surface area contributed by atoms with E-state index in [-0.39, 0.29) is 24.8 Å². The summed E-state index contributed by atoms with van der Waals surface area (Å²) >= 11 is 6.42. The zero-order valence-corrected chi connectivity index (χ0v) is 18.8. The number of nitrogens with zero attached hydrogens (tertiary/aromatic N) is 1. The number of halogens is 3. The van der Waals surface area contributed by atoms with Gasteiger partial charge in [0.1, 0.15) is 6.61 Å². The Morgan fingerprint density at radius 3 is 2.50 bits per heavy atom. The fourth-order valence-corrected chi connectivity index (χ4v) is 3.09. The summed E-state index contributed by atoms with van der Waals surface area (Å²) in [6.07, 6.45) is 2.89. The highest BCUT2D eigenvalue weighted by atomic mass is 35.5. The molecule has 0 amide bonds. The smallest absolute Gasteiger partial charge is 0.180 e. The molecule has 0 aliphatic carbocycles. The van der Waals surface area contributed by atoms with E-state index in [1.54, 1.807) is 19.5 Å². The minimum Gasteiger partial charge on any atom is -0.493 e. The highest BCUT2D eigenvalue weighted by Crippen LogP contribution is 2.37. The van der Waals surface area contributed by atoms with Crippen LogP contribution in [0.3, 0.4) is 0 Å². The minimum absolute atomic E-state index is 0. The molecule has 1 unspecified atom stereocenters. The highest BCUT2D eigenvalue weighted by molar-refractivity contribution is 6.32. The van der Waals surface area contributed by atoms with Crippen LogP contribution in [-0.2, 0) is 13.2 Å². The van der Waals surface area contributed by atoms with E-state index >= 15 is 0 Å². The number of nitrogens with one attached hydrogen (secondary N) is 1. The first-order valence-corrected chi connectivity index (χ1v) is 9.37. The summed E-state index contributed by atoms with van der Waals surface area (Å²) in [7, 11) is 1.58. The molecule has 3 aromatic rings. The first kappa shape index (κ1) is 26.0. The number of rotatable bonds is 9. The molecule has 0 fully saturated rings. The lowest BCUT2D eigenvalue weighted by Gasteiger charge is -2.16. The molecule has 0 aliphatic heterocycles. The molecule has 0 saturated carbocycles. The van der Waals surface area contributed by atoms with Gasteiger partial charge < -0.3 is 19.9 Å². The van der Waals surface area contributed by atoms with Gasteiger partial charge in [-0.25, -0.2) is 0 Å². The number of methoxy groups -OCH3 is 1. The molecule has 162 valence electrons. The molecular formula is C22H25Cl3N2O3. The van der Waals surface area contributed by atoms with Gasteiger partial charge in [0, 0.05) is 31.0 Å². The topological polar surface area (TPSA) is 63.6 Å². The minimum atomic E-state index is -0.569. The number of hydrogen-bond acceptors (Lipinski definition) is 5. The first-order chi connectivity index (χ1) is 13.7. The third kappa shape index (κ3) is 7.35. The number of benzene rings is 2. The van der Waals surface area contributed by atoms with E-state index in [1.165, 1.54) is 0 Å². The van der Waals surface area contributed by atoms with Crippen LogP contribution in [0.25, 0.3) is 0 Å². The number of aliphatic hydroxyl groups excluding tert-OH is 1. The predicted molar refractivity (Wildman–Crippen MR) is 124 cm³/mol. The van der Waals surface area contributed by atoms with E-state index in [4.69, 9.17) is 21.1 Å². The second-order valence-corrected chi connectivity index (χ2v) is 6.72. The van der Waals surface area contributed by atoms with Crippen LogP contribution < -0.4 is 14.8 Å². The molecule has 1 atom stereocenters. The van der Waals surface area contributed by atoms with Gasteiger partial charge in [0.05, 0.1) is 18.2 Å². The molecular weight excluding hydrogens is 447 g/mol. The molecule has 0 bridgehead atoms. The monoisotopic (exact) mass is 470 g/mol. The Hall–Kier alpha value is -2.02. The van der Waals surface area contributed by atoms with Crippen molar-refractivity contribution in [1.82, 2.24) is 10.3 Å². The SMILES string of the molecule is COc1cc(CNCC(O)c2ccccc2)cc(Cl)c1OCc1cccnc1.Cl.Cl. The maximum Gasteiger partial charge on any atom is 0.180 e. The van der Waals surface area contributed by atoms with Crippen molar-refractivity contribution < 1.29 is 14.6 Å². The fraction of sp³-hybridized carbons (Fsp3) is 0.227. The Bertz CT molecular complexity index is 884. The molecule has 8 heteroatoms. The molecule has 0 radical (unpaired) electrons. The van der Waals surface area contributed by atoms with Crippen molar-refractivity contribution in [2.24, 2.45) is 0 Å². The molecule has 30 heavy (non-hydrogen) atoms. The second-order valence-electron chi connectivity index (χ2n) is 6.32. The third-order valence-electron chi connectivity index (χ3n) is 4.25. The molecule has 5 nitrogen and oxygen atoms in total. The fourth-order valence-electron chi connectivity index (χ4n) is 2.80. The lowest BCUT2D eigenvalue weighted by molar-refractivity contribution is 0.174. The van der Waals surface area contributed by atoms with Crippen molar-refractivity contribution in [1.29, 1.82) is 0 Å². The number of pyridine rings is 1. The maximum absolute atomic E-state index is 10.2. The van der Waals surface area contributed by atoms with Gasteiger partial charge >= 0.3 is 0 Å². The Morgan fingerprint density at radius 2 is 1.83 bits per heavy atom. The predicted octanol–water partition coefficient (Wildman–Crippen LogP) is 4.99. The summed E-state index contributed by atoms with van der Waals surface area (Å²) in [6, 6.07) is 17.1. The van der Waals surface area contributed by atoms with E-state index in [9.17, 15) is 5.11 Å². The second kappa shape index (κ2) is 13.3. The summed E-state index contributed by atoms with van der Waals surface area (Å²) in [5.41, 5.74) is 2.77. The summed E-state index contributed by atoms with van der Waals surface area (Å²) < 4.78 is 11.3. The van der Waals surface area contributed by atoms with Gasteiger partial charge in [0.15, 0.2) is 11.5 Å². The molecule has 2 aromatic carbocycles. The summed E-state index contributed by atoms with van der Waals surface area (Å²) in [5, 5.41) is 14.0. The number of ether oxygens (including phenoxy) is 2. The average Bonchev–Trinajstić information content (AvgIpc) is 2.74. The summed E-state index contributed by atoms with van der Waals surface area (Å²) in [4.78, 5) is 4.07. The van der Waals surface area contributed by atoms with Crippen LogP contribution in [0.2, 0.25) is 5.02 Å². The van der Waals surface area contributed by atoms with E-state index in [0.717, 1.165) is 16.7 Å². The van der Waals surface area contributed by atoms with Gasteiger partial charge in [-0.3, -0.25) is 4.98 Å². The zero-order valence-electron chi connectivity index (χ0n) is 16.5. The molecule has 1 heterocycles. The van der Waals surface area contributed by atoms with Crippen molar-refractivity contribution in [3.63, 3.8) is 0 Å². The maximum atomic E-state index is 10.2. The Kier molecular flexibility index (Phi) is 11.5. The van der Waals surface area contributed by atoms with Gasteiger partial charge in [-0.15, -0.1) is 24.8 Å². The molecule has 0 saturated heterocycles. The van der Waals surface area contributed by atoms with Crippen molar-refractivity contribution in [3.8, 4) is 11.5 Å².